The van der Waals surface area contributed by atoms with E-state index in [4.69, 9.17) is 0 Å². The number of nitrogens with one attached hydrogen (secondary N) is 1. The molecule has 0 spiro atoms. The molecular weight excluding hydrogens is 462 g/mol. The van der Waals surface area contributed by atoms with Crippen molar-refractivity contribution in [2.75, 3.05) is 5.32 Å². The lowest BCUT2D eigenvalue weighted by Gasteiger charge is -2.08. The average molecular weight is 490 g/mol. The average Bonchev–Trinajstić information content (AvgIpc) is 3.46. The highest BCUT2D eigenvalue weighted by atomic mass is 32.1. The van der Waals surface area contributed by atoms with Gasteiger partial charge in [-0.3, -0.25) is 0 Å². The Morgan fingerprint density at radius 3 is 2.34 bits per heavy atom. The summed E-state index contributed by atoms with van der Waals surface area (Å²) >= 11 is 3.62. The van der Waals surface area contributed by atoms with E-state index in [-0.39, 0.29) is 0 Å². The van der Waals surface area contributed by atoms with Crippen molar-refractivity contribution in [3.63, 3.8) is 0 Å². The lowest BCUT2D eigenvalue weighted by molar-refractivity contribution is 1.48. The van der Waals surface area contributed by atoms with Crippen LogP contribution in [-0.2, 0) is 0 Å². The summed E-state index contributed by atoms with van der Waals surface area (Å²) in [6.45, 7) is 4.16. The van der Waals surface area contributed by atoms with Crippen molar-refractivity contribution in [2.24, 2.45) is 0 Å². The third-order valence-corrected chi connectivity index (χ3v) is 7.99. The highest BCUT2D eigenvalue weighted by Crippen LogP contribution is 2.28. The normalized spacial score (nSPS) is 13.7. The Labute approximate surface area is 214 Å². The number of hydrogen-bond acceptors (Lipinski definition) is 3. The second kappa shape index (κ2) is 10.7. The molecule has 0 atom stereocenters. The zero-order valence-corrected chi connectivity index (χ0v) is 21.5. The molecule has 35 heavy (non-hydrogen) atoms. The van der Waals surface area contributed by atoms with Crippen LogP contribution in [0.3, 0.4) is 0 Å². The maximum Gasteiger partial charge on any atom is 0.0387 e. The van der Waals surface area contributed by atoms with Crippen molar-refractivity contribution in [3.05, 3.63) is 123 Å². The third-order valence-electron chi connectivity index (χ3n) is 5.86. The molecule has 1 nitrogen and oxygen atoms in total. The van der Waals surface area contributed by atoms with E-state index in [9.17, 15) is 0 Å². The molecule has 5 rings (SSSR count). The molecule has 5 aromatic rings. The highest BCUT2D eigenvalue weighted by Gasteiger charge is 2.03. The SMILES string of the molecule is C/C=C\C(=C/c1csc2ccccc12)Nc1ccc(/C=C/C=c2/sc3ccccc3/c2=C/C)cc1. The number of benzene rings is 3. The minimum atomic E-state index is 1.07. The molecule has 172 valence electrons. The van der Waals surface area contributed by atoms with Gasteiger partial charge >= 0.3 is 0 Å². The van der Waals surface area contributed by atoms with Crippen LogP contribution in [0.1, 0.15) is 25.0 Å². The van der Waals surface area contributed by atoms with E-state index in [0.717, 1.165) is 11.4 Å². The van der Waals surface area contributed by atoms with Gasteiger partial charge in [0.25, 0.3) is 0 Å². The molecule has 0 saturated carbocycles. The van der Waals surface area contributed by atoms with E-state index in [0.29, 0.717) is 0 Å². The van der Waals surface area contributed by atoms with Crippen LogP contribution in [0.2, 0.25) is 0 Å². The molecule has 0 aliphatic rings. The molecule has 2 heterocycles. The molecule has 0 amide bonds. The van der Waals surface area contributed by atoms with Gasteiger partial charge in [-0.1, -0.05) is 72.8 Å². The first kappa shape index (κ1) is 23.1. The Morgan fingerprint density at radius 1 is 0.829 bits per heavy atom. The minimum Gasteiger partial charge on any atom is -0.356 e. The van der Waals surface area contributed by atoms with Gasteiger partial charge in [0.2, 0.25) is 0 Å². The number of fused-ring (bicyclic) bond motifs is 2. The molecule has 3 aromatic carbocycles. The van der Waals surface area contributed by atoms with Gasteiger partial charge in [-0.2, -0.15) is 0 Å². The van der Waals surface area contributed by atoms with Crippen LogP contribution in [-0.4, -0.2) is 0 Å². The molecule has 0 fully saturated rings. The second-order valence-corrected chi connectivity index (χ2v) is 10.2. The second-order valence-electron chi connectivity index (χ2n) is 8.22. The topological polar surface area (TPSA) is 12.0 Å². The van der Waals surface area contributed by atoms with E-state index in [1.54, 1.807) is 11.3 Å². The van der Waals surface area contributed by atoms with Gasteiger partial charge in [-0.15, -0.1) is 22.7 Å². The van der Waals surface area contributed by atoms with E-state index >= 15 is 0 Å². The zero-order chi connectivity index (χ0) is 24.0. The van der Waals surface area contributed by atoms with E-state index in [1.807, 2.05) is 18.3 Å². The number of rotatable bonds is 6. The summed E-state index contributed by atoms with van der Waals surface area (Å²) in [6, 6.07) is 25.7. The molecule has 0 radical (unpaired) electrons. The summed E-state index contributed by atoms with van der Waals surface area (Å²) in [5.74, 6) is 0. The third kappa shape index (κ3) is 5.22. The number of anilines is 1. The monoisotopic (exact) mass is 489 g/mol. The number of allylic oxidation sites excluding steroid dienone is 3. The summed E-state index contributed by atoms with van der Waals surface area (Å²) in [7, 11) is 0. The van der Waals surface area contributed by atoms with Gasteiger partial charge in [0.05, 0.1) is 0 Å². The maximum atomic E-state index is 3.57. The predicted molar refractivity (Wildman–Crippen MR) is 159 cm³/mol. The Kier molecular flexibility index (Phi) is 7.08. The Morgan fingerprint density at radius 2 is 1.57 bits per heavy atom. The van der Waals surface area contributed by atoms with Gasteiger partial charge in [-0.05, 0) is 88.8 Å². The smallest absolute Gasteiger partial charge is 0.0387 e. The molecule has 0 aliphatic carbocycles. The molecule has 0 aliphatic heterocycles. The first-order valence-corrected chi connectivity index (χ1v) is 13.4. The Bertz CT molecular complexity index is 1680. The standard InChI is InChI=1S/C32H27NS2/c1-3-10-26(21-24-22-34-30-14-7-5-12-28(24)30)33-25-19-17-23(18-20-25)11-9-16-31-27(4-2)29-13-6-8-15-32(29)35-31/h3-22,33H,1-2H3/b10-3-,11-9+,26-21+,27-4-,31-16+. The maximum absolute atomic E-state index is 3.57. The number of hydrogen-bond donors (Lipinski definition) is 1. The van der Waals surface area contributed by atoms with Crippen molar-refractivity contribution in [1.29, 1.82) is 0 Å². The molecule has 2 aromatic heterocycles. The van der Waals surface area contributed by atoms with E-state index < -0.39 is 0 Å². The first-order valence-electron chi connectivity index (χ1n) is 11.7. The van der Waals surface area contributed by atoms with Gasteiger partial charge < -0.3 is 5.32 Å². The van der Waals surface area contributed by atoms with Crippen molar-refractivity contribution < 1.29 is 0 Å². The van der Waals surface area contributed by atoms with Crippen LogP contribution in [0.4, 0.5) is 5.69 Å². The molecule has 0 unspecified atom stereocenters. The molecular formula is C32H27NS2. The quantitative estimate of drug-likeness (QED) is 0.236. The van der Waals surface area contributed by atoms with Gasteiger partial charge in [0.1, 0.15) is 0 Å². The molecule has 3 heteroatoms. The van der Waals surface area contributed by atoms with Crippen LogP contribution >= 0.6 is 22.7 Å². The molecule has 0 saturated heterocycles. The first-order chi connectivity index (χ1) is 17.2. The van der Waals surface area contributed by atoms with Crippen LogP contribution in [0.25, 0.3) is 44.5 Å². The zero-order valence-electron chi connectivity index (χ0n) is 19.9. The van der Waals surface area contributed by atoms with Gasteiger partial charge in [-0.25, -0.2) is 0 Å². The van der Waals surface area contributed by atoms with Crippen molar-refractivity contribution in [1.82, 2.24) is 0 Å². The largest absolute Gasteiger partial charge is 0.356 e. The van der Waals surface area contributed by atoms with Gasteiger partial charge in [0.15, 0.2) is 0 Å². The van der Waals surface area contributed by atoms with Crippen LogP contribution in [0.15, 0.2) is 102 Å². The summed E-state index contributed by atoms with van der Waals surface area (Å²) in [5.41, 5.74) is 4.56. The Hall–Kier alpha value is -3.66. The van der Waals surface area contributed by atoms with Crippen LogP contribution in [0, 0.1) is 0 Å². The summed E-state index contributed by atoms with van der Waals surface area (Å²) in [6.07, 6.45) is 15.1. The molecule has 0 bridgehead atoms. The number of thiophene rings is 2. The van der Waals surface area contributed by atoms with Crippen LogP contribution in [0.5, 0.6) is 0 Å². The highest BCUT2D eigenvalue weighted by molar-refractivity contribution is 7.17. The van der Waals surface area contributed by atoms with E-state index in [2.05, 4.69) is 133 Å². The van der Waals surface area contributed by atoms with Crippen molar-refractivity contribution in [2.45, 2.75) is 13.8 Å². The van der Waals surface area contributed by atoms with E-state index in [1.165, 1.54) is 41.1 Å². The van der Waals surface area contributed by atoms with Crippen molar-refractivity contribution >= 4 is 72.8 Å². The minimum absolute atomic E-state index is 1.07. The van der Waals surface area contributed by atoms with Crippen LogP contribution < -0.4 is 15.1 Å². The summed E-state index contributed by atoms with van der Waals surface area (Å²) < 4.78 is 3.94. The fraction of sp³-hybridized carbons (Fsp3) is 0.0625. The fourth-order valence-corrected chi connectivity index (χ4v) is 6.25. The summed E-state index contributed by atoms with van der Waals surface area (Å²) in [5, 5.41) is 9.72. The summed E-state index contributed by atoms with van der Waals surface area (Å²) in [4.78, 5) is 0. The Balaban J connectivity index is 1.35. The van der Waals surface area contributed by atoms with Crippen molar-refractivity contribution in [3.8, 4) is 0 Å². The molecule has 1 N–H and O–H groups in total. The fourth-order valence-electron chi connectivity index (χ4n) is 4.18. The lowest BCUT2D eigenvalue weighted by atomic mass is 10.1. The van der Waals surface area contributed by atoms with Gasteiger partial charge in [0, 0.05) is 25.3 Å². The predicted octanol–water partition coefficient (Wildman–Crippen LogP) is 8.44. The lowest BCUT2D eigenvalue weighted by Crippen LogP contribution is -2.17.